The molecule has 1 rings (SSSR count). The van der Waals surface area contributed by atoms with E-state index in [0.717, 1.165) is 0 Å². The van der Waals surface area contributed by atoms with Gasteiger partial charge in [-0.15, -0.1) is 0 Å². The molecule has 0 aliphatic heterocycles. The van der Waals surface area contributed by atoms with Crippen LogP contribution in [0, 0.1) is 0 Å². The highest BCUT2D eigenvalue weighted by atomic mass is 19.3. The number of rotatable bonds is 4. The Balaban J connectivity index is 2.93. The summed E-state index contributed by atoms with van der Waals surface area (Å²) in [4.78, 5) is 3.19. The van der Waals surface area contributed by atoms with Gasteiger partial charge in [-0.2, -0.15) is 13.8 Å². The van der Waals surface area contributed by atoms with Gasteiger partial charge in [-0.3, -0.25) is 0 Å². The summed E-state index contributed by atoms with van der Waals surface area (Å²) in [6.45, 7) is 1.67. The first kappa shape index (κ1) is 11.9. The van der Waals surface area contributed by atoms with Gasteiger partial charge in [-0.25, -0.2) is 8.78 Å². The summed E-state index contributed by atoms with van der Waals surface area (Å²) >= 11 is 0. The van der Waals surface area contributed by atoms with Crippen LogP contribution in [0.3, 0.4) is 0 Å². The van der Waals surface area contributed by atoms with E-state index < -0.39 is 24.2 Å². The molecule has 1 unspecified atom stereocenters. The van der Waals surface area contributed by atoms with Crippen molar-refractivity contribution in [1.82, 2.24) is 10.1 Å². The summed E-state index contributed by atoms with van der Waals surface area (Å²) in [5.74, 6) is -6.32. The molecule has 0 aliphatic carbocycles. The van der Waals surface area contributed by atoms with E-state index in [1.165, 1.54) is 0 Å². The zero-order valence-electron chi connectivity index (χ0n) is 7.75. The fraction of sp³-hybridized carbons (Fsp3) is 0.714. The standard InChI is InChI=1S/C7H9F4N3O/c1-3(2-12)4-13-6(15-14-4)7(10,11)5(8)9/h3,5H,2,12H2,1H3. The Kier molecular flexibility index (Phi) is 3.28. The normalized spacial score (nSPS) is 14.6. The highest BCUT2D eigenvalue weighted by Gasteiger charge is 2.48. The molecule has 0 saturated heterocycles. The molecule has 1 aromatic rings. The van der Waals surface area contributed by atoms with Crippen molar-refractivity contribution in [3.8, 4) is 0 Å². The lowest BCUT2D eigenvalue weighted by Crippen LogP contribution is -2.24. The fourth-order valence-electron chi connectivity index (χ4n) is 0.769. The lowest BCUT2D eigenvalue weighted by molar-refractivity contribution is -0.152. The van der Waals surface area contributed by atoms with Crippen LogP contribution in [0.1, 0.15) is 24.6 Å². The van der Waals surface area contributed by atoms with Crippen LogP contribution in [0.2, 0.25) is 0 Å². The smallest absolute Gasteiger partial charge is 0.332 e. The maximum Gasteiger partial charge on any atom is 0.383 e. The molecular weight excluding hydrogens is 218 g/mol. The van der Waals surface area contributed by atoms with Crippen LogP contribution in [-0.4, -0.2) is 23.1 Å². The summed E-state index contributed by atoms with van der Waals surface area (Å²) in [7, 11) is 0. The molecule has 1 heterocycles. The molecule has 86 valence electrons. The van der Waals surface area contributed by atoms with Crippen LogP contribution in [0.15, 0.2) is 4.52 Å². The lowest BCUT2D eigenvalue weighted by Gasteiger charge is -2.08. The highest BCUT2D eigenvalue weighted by Crippen LogP contribution is 2.33. The Bertz CT molecular complexity index is 328. The molecule has 15 heavy (non-hydrogen) atoms. The molecule has 1 aromatic heterocycles. The van der Waals surface area contributed by atoms with E-state index in [1.54, 1.807) is 6.92 Å². The summed E-state index contributed by atoms with van der Waals surface area (Å²) in [6.07, 6.45) is -3.88. The van der Waals surface area contributed by atoms with E-state index in [1.807, 2.05) is 0 Å². The van der Waals surface area contributed by atoms with Gasteiger partial charge < -0.3 is 10.3 Å². The van der Waals surface area contributed by atoms with Crippen LogP contribution in [0.25, 0.3) is 0 Å². The SMILES string of the molecule is CC(CN)c1noc(C(F)(F)C(F)F)n1. The molecule has 1 atom stereocenters. The van der Waals surface area contributed by atoms with Crippen LogP contribution < -0.4 is 5.73 Å². The quantitative estimate of drug-likeness (QED) is 0.791. The van der Waals surface area contributed by atoms with E-state index in [-0.39, 0.29) is 12.4 Å². The van der Waals surface area contributed by atoms with Gasteiger partial charge in [0, 0.05) is 12.5 Å². The number of hydrogen-bond acceptors (Lipinski definition) is 4. The molecule has 0 aromatic carbocycles. The van der Waals surface area contributed by atoms with Crippen molar-refractivity contribution in [3.05, 3.63) is 11.7 Å². The van der Waals surface area contributed by atoms with Crippen LogP contribution in [-0.2, 0) is 5.92 Å². The summed E-state index contributed by atoms with van der Waals surface area (Å²) in [5, 5.41) is 3.16. The molecule has 0 radical (unpaired) electrons. The van der Waals surface area contributed by atoms with Gasteiger partial charge in [-0.05, 0) is 0 Å². The van der Waals surface area contributed by atoms with Gasteiger partial charge in [-0.1, -0.05) is 12.1 Å². The van der Waals surface area contributed by atoms with E-state index in [0.29, 0.717) is 0 Å². The zero-order chi connectivity index (χ0) is 11.6. The third kappa shape index (κ3) is 2.25. The summed E-state index contributed by atoms with van der Waals surface area (Å²) < 4.78 is 53.2. The Labute approximate surface area is 82.4 Å². The highest BCUT2D eigenvalue weighted by molar-refractivity contribution is 4.99. The third-order valence-electron chi connectivity index (χ3n) is 1.80. The fourth-order valence-corrected chi connectivity index (χ4v) is 0.769. The summed E-state index contributed by atoms with van der Waals surface area (Å²) in [6, 6.07) is 0. The van der Waals surface area contributed by atoms with Crippen LogP contribution in [0.5, 0.6) is 0 Å². The molecule has 0 spiro atoms. The zero-order valence-corrected chi connectivity index (χ0v) is 7.75. The monoisotopic (exact) mass is 227 g/mol. The van der Waals surface area contributed by atoms with E-state index in [2.05, 4.69) is 14.7 Å². The topological polar surface area (TPSA) is 64.9 Å². The second-order valence-electron chi connectivity index (χ2n) is 3.02. The van der Waals surface area contributed by atoms with Gasteiger partial charge in [0.1, 0.15) is 0 Å². The average molecular weight is 227 g/mol. The molecule has 0 amide bonds. The van der Waals surface area contributed by atoms with Crippen LogP contribution in [0.4, 0.5) is 17.6 Å². The number of halogens is 4. The van der Waals surface area contributed by atoms with Gasteiger partial charge in [0.05, 0.1) is 0 Å². The number of nitrogens with two attached hydrogens (primary N) is 1. The van der Waals surface area contributed by atoms with E-state index in [9.17, 15) is 17.6 Å². The maximum absolute atomic E-state index is 12.7. The maximum atomic E-state index is 12.7. The Morgan fingerprint density at radius 3 is 2.53 bits per heavy atom. The molecule has 4 nitrogen and oxygen atoms in total. The number of aromatic nitrogens is 2. The van der Waals surface area contributed by atoms with E-state index in [4.69, 9.17) is 5.73 Å². The Hall–Kier alpha value is -1.18. The molecule has 0 fully saturated rings. The summed E-state index contributed by atoms with van der Waals surface area (Å²) in [5.41, 5.74) is 5.22. The molecule has 2 N–H and O–H groups in total. The molecule has 0 bridgehead atoms. The largest absolute Gasteiger partial charge is 0.383 e. The minimum atomic E-state index is -4.42. The number of hydrogen-bond donors (Lipinski definition) is 1. The second kappa shape index (κ2) is 4.13. The Morgan fingerprint density at radius 1 is 1.47 bits per heavy atom. The first-order valence-corrected chi connectivity index (χ1v) is 4.09. The van der Waals surface area contributed by atoms with Crippen molar-refractivity contribution in [1.29, 1.82) is 0 Å². The van der Waals surface area contributed by atoms with Crippen molar-refractivity contribution in [2.24, 2.45) is 5.73 Å². The van der Waals surface area contributed by atoms with Crippen molar-refractivity contribution in [2.45, 2.75) is 25.2 Å². The first-order chi connectivity index (χ1) is 6.89. The first-order valence-electron chi connectivity index (χ1n) is 4.09. The Morgan fingerprint density at radius 2 is 2.07 bits per heavy atom. The molecular formula is C7H9F4N3O. The van der Waals surface area contributed by atoms with Crippen molar-refractivity contribution < 1.29 is 22.1 Å². The van der Waals surface area contributed by atoms with Crippen molar-refractivity contribution >= 4 is 0 Å². The van der Waals surface area contributed by atoms with Crippen molar-refractivity contribution in [3.63, 3.8) is 0 Å². The van der Waals surface area contributed by atoms with E-state index >= 15 is 0 Å². The lowest BCUT2D eigenvalue weighted by atomic mass is 10.2. The molecule has 8 heteroatoms. The van der Waals surface area contributed by atoms with Gasteiger partial charge in [0.2, 0.25) is 0 Å². The molecule has 0 aliphatic rings. The minimum absolute atomic E-state index is 0.104. The number of alkyl halides is 4. The third-order valence-corrected chi connectivity index (χ3v) is 1.80. The predicted octanol–water partition coefficient (Wildman–Crippen LogP) is 1.49. The predicted molar refractivity (Wildman–Crippen MR) is 41.7 cm³/mol. The molecule has 0 saturated carbocycles. The second-order valence-corrected chi connectivity index (χ2v) is 3.02. The average Bonchev–Trinajstić information content (AvgIpc) is 2.65. The van der Waals surface area contributed by atoms with Crippen molar-refractivity contribution in [2.75, 3.05) is 6.54 Å². The van der Waals surface area contributed by atoms with Gasteiger partial charge in [0.15, 0.2) is 5.82 Å². The minimum Gasteiger partial charge on any atom is -0.332 e. The number of nitrogens with zero attached hydrogens (tertiary/aromatic N) is 2. The van der Waals surface area contributed by atoms with Gasteiger partial charge >= 0.3 is 18.2 Å². The van der Waals surface area contributed by atoms with Crippen LogP contribution >= 0.6 is 0 Å². The van der Waals surface area contributed by atoms with Gasteiger partial charge in [0.25, 0.3) is 0 Å².